The van der Waals surface area contributed by atoms with E-state index in [1.54, 1.807) is 6.20 Å². The van der Waals surface area contributed by atoms with E-state index in [1.165, 1.54) is 11.8 Å². The van der Waals surface area contributed by atoms with E-state index in [9.17, 15) is 9.59 Å². The maximum Gasteiger partial charge on any atom is 0.313 e. The smallest absolute Gasteiger partial charge is 0.313 e. The number of hydrogen-bond donors (Lipinski definition) is 2. The quantitative estimate of drug-likeness (QED) is 0.703. The van der Waals surface area contributed by atoms with Crippen molar-refractivity contribution in [3.8, 4) is 0 Å². The van der Waals surface area contributed by atoms with Gasteiger partial charge in [0.05, 0.1) is 5.75 Å². The molecule has 1 heterocycles. The van der Waals surface area contributed by atoms with E-state index in [-0.39, 0.29) is 17.6 Å². The molecular weight excluding hydrogens is 278 g/mol. The lowest BCUT2D eigenvalue weighted by atomic mass is 10.3. The summed E-state index contributed by atoms with van der Waals surface area (Å²) in [6, 6.07) is 0. The zero-order chi connectivity index (χ0) is 14.5. The molecule has 0 radical (unpaired) electrons. The lowest BCUT2D eigenvalue weighted by Crippen LogP contribution is -2.28. The maximum absolute atomic E-state index is 11.6. The van der Waals surface area contributed by atoms with Crippen LogP contribution in [0.1, 0.15) is 25.5 Å². The Morgan fingerprint density at radius 1 is 1.55 bits per heavy atom. The highest BCUT2D eigenvalue weighted by Gasteiger charge is 2.29. The van der Waals surface area contributed by atoms with Gasteiger partial charge in [-0.2, -0.15) is 0 Å². The van der Waals surface area contributed by atoms with Crippen LogP contribution in [0.3, 0.4) is 0 Å². The second kappa shape index (κ2) is 6.78. The SMILES string of the molecule is CCc1cnc(SCC(=O)O)n1CCNC(=O)C1CC1. The minimum absolute atomic E-state index is 0.00536. The molecule has 0 atom stereocenters. The number of hydrogen-bond acceptors (Lipinski definition) is 4. The van der Waals surface area contributed by atoms with Gasteiger partial charge in [-0.1, -0.05) is 18.7 Å². The van der Waals surface area contributed by atoms with Gasteiger partial charge < -0.3 is 15.0 Å². The predicted molar refractivity (Wildman–Crippen MR) is 75.7 cm³/mol. The van der Waals surface area contributed by atoms with Gasteiger partial charge in [-0.05, 0) is 19.3 Å². The molecule has 2 rings (SSSR count). The Hall–Kier alpha value is -1.50. The average molecular weight is 297 g/mol. The number of nitrogens with zero attached hydrogens (tertiary/aromatic N) is 2. The summed E-state index contributed by atoms with van der Waals surface area (Å²) in [5.41, 5.74) is 1.05. The fourth-order valence-corrected chi connectivity index (χ4v) is 2.68. The van der Waals surface area contributed by atoms with E-state index in [4.69, 9.17) is 5.11 Å². The fraction of sp³-hybridized carbons (Fsp3) is 0.615. The van der Waals surface area contributed by atoms with Gasteiger partial charge in [-0.3, -0.25) is 9.59 Å². The largest absolute Gasteiger partial charge is 0.481 e. The number of carboxylic acid groups (broad SMARTS) is 1. The molecule has 0 aliphatic heterocycles. The molecule has 7 heteroatoms. The lowest BCUT2D eigenvalue weighted by molar-refractivity contribution is -0.134. The molecule has 6 nitrogen and oxygen atoms in total. The van der Waals surface area contributed by atoms with Gasteiger partial charge in [-0.25, -0.2) is 4.98 Å². The first-order chi connectivity index (χ1) is 9.61. The normalized spacial score (nSPS) is 14.2. The molecular formula is C13H19N3O3S. The third-order valence-electron chi connectivity index (χ3n) is 3.17. The van der Waals surface area contributed by atoms with Crippen molar-refractivity contribution in [1.29, 1.82) is 0 Å². The molecule has 1 amide bonds. The maximum atomic E-state index is 11.6. The standard InChI is InChI=1S/C13H19N3O3S/c1-2-10-7-15-13(20-8-11(17)18)16(10)6-5-14-12(19)9-3-4-9/h7,9H,2-6,8H2,1H3,(H,14,19)(H,17,18). The molecule has 2 N–H and O–H groups in total. The van der Waals surface area contributed by atoms with Crippen LogP contribution < -0.4 is 5.32 Å². The minimum Gasteiger partial charge on any atom is -0.481 e. The summed E-state index contributed by atoms with van der Waals surface area (Å²) in [5.74, 6) is -0.522. The predicted octanol–water partition coefficient (Wildman–Crippen LogP) is 1.15. The zero-order valence-electron chi connectivity index (χ0n) is 11.5. The van der Waals surface area contributed by atoms with Gasteiger partial charge >= 0.3 is 5.97 Å². The zero-order valence-corrected chi connectivity index (χ0v) is 12.3. The van der Waals surface area contributed by atoms with E-state index in [0.29, 0.717) is 18.2 Å². The molecule has 20 heavy (non-hydrogen) atoms. The molecule has 0 unspecified atom stereocenters. The van der Waals surface area contributed by atoms with Gasteiger partial charge in [-0.15, -0.1) is 0 Å². The van der Waals surface area contributed by atoms with Crippen LogP contribution in [-0.2, 0) is 22.6 Å². The van der Waals surface area contributed by atoms with Crippen molar-refractivity contribution < 1.29 is 14.7 Å². The molecule has 110 valence electrons. The monoisotopic (exact) mass is 297 g/mol. The third kappa shape index (κ3) is 4.00. The molecule has 1 saturated carbocycles. The molecule has 1 aliphatic rings. The summed E-state index contributed by atoms with van der Waals surface area (Å²) in [6.45, 7) is 3.21. The third-order valence-corrected chi connectivity index (χ3v) is 4.15. The van der Waals surface area contributed by atoms with Crippen LogP contribution in [0.5, 0.6) is 0 Å². The second-order valence-electron chi connectivity index (χ2n) is 4.79. The number of thioether (sulfide) groups is 1. The number of aromatic nitrogens is 2. The van der Waals surface area contributed by atoms with E-state index in [0.717, 1.165) is 25.0 Å². The van der Waals surface area contributed by atoms with Crippen LogP contribution in [0.25, 0.3) is 0 Å². The van der Waals surface area contributed by atoms with Crippen LogP contribution in [0.4, 0.5) is 0 Å². The molecule has 1 aliphatic carbocycles. The summed E-state index contributed by atoms with van der Waals surface area (Å²) >= 11 is 1.21. The van der Waals surface area contributed by atoms with Gasteiger partial charge in [0.2, 0.25) is 5.91 Å². The first-order valence-corrected chi connectivity index (χ1v) is 7.77. The highest BCUT2D eigenvalue weighted by Crippen LogP contribution is 2.28. The molecule has 0 bridgehead atoms. The Morgan fingerprint density at radius 3 is 2.90 bits per heavy atom. The summed E-state index contributed by atoms with van der Waals surface area (Å²) in [5, 5.41) is 12.3. The molecule has 1 fully saturated rings. The van der Waals surface area contributed by atoms with E-state index >= 15 is 0 Å². The topological polar surface area (TPSA) is 84.2 Å². The first-order valence-electron chi connectivity index (χ1n) is 6.78. The van der Waals surface area contributed by atoms with Gasteiger partial charge in [0.15, 0.2) is 5.16 Å². The summed E-state index contributed by atoms with van der Waals surface area (Å²) < 4.78 is 1.99. The van der Waals surface area contributed by atoms with Crippen molar-refractivity contribution in [2.75, 3.05) is 12.3 Å². The molecule has 0 spiro atoms. The molecule has 1 aromatic heterocycles. The van der Waals surface area contributed by atoms with Crippen LogP contribution >= 0.6 is 11.8 Å². The Labute approximate surface area is 122 Å². The van der Waals surface area contributed by atoms with Crippen molar-refractivity contribution in [2.24, 2.45) is 5.92 Å². The highest BCUT2D eigenvalue weighted by atomic mass is 32.2. The van der Waals surface area contributed by atoms with Gasteiger partial charge in [0.1, 0.15) is 0 Å². The molecule has 0 saturated heterocycles. The van der Waals surface area contributed by atoms with Crippen LogP contribution in [0.2, 0.25) is 0 Å². The Balaban J connectivity index is 1.91. The van der Waals surface area contributed by atoms with E-state index in [1.807, 2.05) is 11.5 Å². The summed E-state index contributed by atoms with van der Waals surface area (Å²) in [7, 11) is 0. The lowest BCUT2D eigenvalue weighted by Gasteiger charge is -2.11. The average Bonchev–Trinajstić information content (AvgIpc) is 3.19. The number of aryl methyl sites for hydroxylation is 1. The van der Waals surface area contributed by atoms with Crippen molar-refractivity contribution in [3.63, 3.8) is 0 Å². The summed E-state index contributed by atoms with van der Waals surface area (Å²) in [6.07, 6.45) is 4.60. The Kier molecular flexibility index (Phi) is 5.05. The second-order valence-corrected chi connectivity index (χ2v) is 5.73. The van der Waals surface area contributed by atoms with Crippen molar-refractivity contribution in [2.45, 2.75) is 37.9 Å². The number of rotatable bonds is 8. The summed E-state index contributed by atoms with van der Waals surface area (Å²) in [4.78, 5) is 26.5. The highest BCUT2D eigenvalue weighted by molar-refractivity contribution is 7.99. The Morgan fingerprint density at radius 2 is 2.30 bits per heavy atom. The van der Waals surface area contributed by atoms with Crippen molar-refractivity contribution in [3.05, 3.63) is 11.9 Å². The molecule has 0 aromatic carbocycles. The number of carbonyl (C=O) groups is 2. The van der Waals surface area contributed by atoms with Crippen molar-refractivity contribution >= 4 is 23.6 Å². The number of imidazole rings is 1. The van der Waals surface area contributed by atoms with E-state index < -0.39 is 5.97 Å². The fourth-order valence-electron chi connectivity index (χ4n) is 1.94. The number of carbonyl (C=O) groups excluding carboxylic acids is 1. The van der Waals surface area contributed by atoms with Crippen LogP contribution in [0, 0.1) is 5.92 Å². The molecule has 1 aromatic rings. The van der Waals surface area contributed by atoms with Crippen molar-refractivity contribution in [1.82, 2.24) is 14.9 Å². The van der Waals surface area contributed by atoms with Gasteiger partial charge in [0.25, 0.3) is 0 Å². The first kappa shape index (κ1) is 14.9. The number of aliphatic carboxylic acids is 1. The van der Waals surface area contributed by atoms with Crippen LogP contribution in [0.15, 0.2) is 11.4 Å². The minimum atomic E-state index is -0.857. The van der Waals surface area contributed by atoms with Crippen LogP contribution in [-0.4, -0.2) is 38.8 Å². The van der Waals surface area contributed by atoms with Gasteiger partial charge in [0, 0.05) is 30.9 Å². The number of amides is 1. The number of nitrogens with one attached hydrogen (secondary N) is 1. The number of carboxylic acids is 1. The Bertz CT molecular complexity index is 497. The van der Waals surface area contributed by atoms with E-state index in [2.05, 4.69) is 10.3 Å².